The smallest absolute Gasteiger partial charge is 0.411 e. The van der Waals surface area contributed by atoms with Crippen molar-refractivity contribution in [3.8, 4) is 0 Å². The molecule has 0 radical (unpaired) electrons. The second-order valence-corrected chi connectivity index (χ2v) is 10.3. The molecule has 0 saturated heterocycles. The molecular formula is C21H38N4S6Zn. The van der Waals surface area contributed by atoms with Gasteiger partial charge in [0.05, 0.1) is 5.51 Å². The molecule has 1 aromatic rings. The van der Waals surface area contributed by atoms with Crippen molar-refractivity contribution >= 4 is 81.9 Å². The van der Waals surface area contributed by atoms with Gasteiger partial charge in [-0.05, 0) is 37.9 Å². The van der Waals surface area contributed by atoms with Crippen LogP contribution in [0, 0.1) is 3.95 Å². The molecule has 0 N–H and O–H groups in total. The Bertz CT molecular complexity index is 554. The first-order valence-electron chi connectivity index (χ1n) is 11.0. The summed E-state index contributed by atoms with van der Waals surface area (Å²) in [5.74, 6) is 0. The maximum atomic E-state index is 4.98. The van der Waals surface area contributed by atoms with Gasteiger partial charge in [0.1, 0.15) is 6.33 Å². The first-order valence-corrected chi connectivity index (χ1v) is 13.9. The van der Waals surface area contributed by atoms with Gasteiger partial charge in [-0.15, -0.1) is 0 Å². The summed E-state index contributed by atoms with van der Waals surface area (Å²) in [6, 6.07) is 0. The van der Waals surface area contributed by atoms with Crippen molar-refractivity contribution in [1.82, 2.24) is 19.8 Å². The summed E-state index contributed by atoms with van der Waals surface area (Å²) in [4.78, 5) is 11.7. The van der Waals surface area contributed by atoms with Crippen molar-refractivity contribution in [2.75, 3.05) is 26.2 Å². The average Bonchev–Trinajstić information content (AvgIpc) is 2.75. The third kappa shape index (κ3) is 25.1. The van der Waals surface area contributed by atoms with E-state index in [1.807, 2.05) is 0 Å². The standard InChI is InChI=1S/2C9H19NS2.C3H2N2S2.Zn/c2*1-3-5-7-10(9(11)12)8-6-4-2;6-3-5-1-4-2-7-3;/h2*3-8H2,1-2H3,(H,11,12);1-2H;/q;;;+2/p-2. The molecule has 1 rings (SSSR count). The predicted molar refractivity (Wildman–Crippen MR) is 153 cm³/mol. The van der Waals surface area contributed by atoms with Crippen molar-refractivity contribution < 1.29 is 19.5 Å². The van der Waals surface area contributed by atoms with E-state index in [9.17, 15) is 0 Å². The van der Waals surface area contributed by atoms with Crippen molar-refractivity contribution in [2.24, 2.45) is 0 Å². The quantitative estimate of drug-likeness (QED) is 0.147. The molecule has 0 fully saturated rings. The van der Waals surface area contributed by atoms with E-state index in [2.05, 4.69) is 59.7 Å². The minimum absolute atomic E-state index is 0. The third-order valence-corrected chi connectivity index (χ3v) is 6.05. The third-order valence-electron chi connectivity index (χ3n) is 4.09. The molecular weight excluding hydrogens is 566 g/mol. The molecule has 1 heterocycles. The Morgan fingerprint density at radius 3 is 1.31 bits per heavy atom. The molecule has 0 atom stereocenters. The normalized spacial score (nSPS) is 9.25. The fourth-order valence-corrected chi connectivity index (χ4v) is 3.42. The largest absolute Gasteiger partial charge is 2.00 e. The summed E-state index contributed by atoms with van der Waals surface area (Å²) in [6.45, 7) is 12.9. The van der Waals surface area contributed by atoms with Crippen molar-refractivity contribution in [1.29, 1.82) is 0 Å². The van der Waals surface area contributed by atoms with Gasteiger partial charge in [0.25, 0.3) is 0 Å². The fourth-order valence-electron chi connectivity index (χ4n) is 2.20. The topological polar surface area (TPSA) is 32.3 Å². The molecule has 0 unspecified atom stereocenters. The maximum absolute atomic E-state index is 4.98. The zero-order valence-electron chi connectivity index (χ0n) is 20.1. The van der Waals surface area contributed by atoms with Gasteiger partial charge in [-0.3, -0.25) is 0 Å². The van der Waals surface area contributed by atoms with E-state index in [4.69, 9.17) is 49.7 Å². The van der Waals surface area contributed by atoms with Gasteiger partial charge in [-0.25, -0.2) is 9.97 Å². The Morgan fingerprint density at radius 1 is 0.812 bits per heavy atom. The number of aromatic nitrogens is 2. The molecule has 0 aromatic carbocycles. The SMILES string of the molecule is CCCCN(CCCC)C(=S)[S-].CCCCN(CCCC)C(=S)[S-].S=c1ncncs1.[Zn+2]. The van der Waals surface area contributed by atoms with E-state index < -0.39 is 0 Å². The van der Waals surface area contributed by atoms with E-state index in [0.29, 0.717) is 12.6 Å². The van der Waals surface area contributed by atoms with Crippen LogP contribution in [0.2, 0.25) is 0 Å². The second kappa shape index (κ2) is 27.7. The van der Waals surface area contributed by atoms with Crippen LogP contribution in [0.15, 0.2) is 11.8 Å². The minimum atomic E-state index is 0. The van der Waals surface area contributed by atoms with Gasteiger partial charge >= 0.3 is 19.5 Å². The predicted octanol–water partition coefficient (Wildman–Crippen LogP) is 6.71. The Hall–Kier alpha value is 0.493. The van der Waals surface area contributed by atoms with Gasteiger partial charge in [0.15, 0.2) is 3.95 Å². The van der Waals surface area contributed by atoms with Crippen LogP contribution in [0.25, 0.3) is 0 Å². The van der Waals surface area contributed by atoms with Crippen LogP contribution >= 0.6 is 48.0 Å². The summed E-state index contributed by atoms with van der Waals surface area (Å²) in [6.07, 6.45) is 11.1. The molecule has 0 saturated carbocycles. The first kappa shape index (κ1) is 37.0. The van der Waals surface area contributed by atoms with Gasteiger partial charge in [-0.1, -0.05) is 73.4 Å². The van der Waals surface area contributed by atoms with Crippen LogP contribution in [-0.4, -0.2) is 54.6 Å². The summed E-state index contributed by atoms with van der Waals surface area (Å²) in [7, 11) is 0. The van der Waals surface area contributed by atoms with E-state index in [1.165, 1.54) is 69.0 Å². The number of hydrogen-bond acceptors (Lipinski definition) is 8. The van der Waals surface area contributed by atoms with Gasteiger partial charge in [0, 0.05) is 26.2 Å². The second-order valence-electron chi connectivity index (χ2n) is 6.80. The van der Waals surface area contributed by atoms with Gasteiger partial charge in [0.2, 0.25) is 0 Å². The molecule has 11 heteroatoms. The van der Waals surface area contributed by atoms with Crippen molar-refractivity contribution in [2.45, 2.75) is 79.1 Å². The molecule has 0 aliphatic carbocycles. The molecule has 0 aliphatic rings. The van der Waals surface area contributed by atoms with Gasteiger partial charge in [-0.2, -0.15) is 0 Å². The monoisotopic (exact) mass is 602 g/mol. The summed E-state index contributed by atoms with van der Waals surface area (Å²) in [5, 5.41) is 0. The summed E-state index contributed by atoms with van der Waals surface area (Å²) < 4.78 is 1.91. The molecule has 180 valence electrons. The van der Waals surface area contributed by atoms with Crippen molar-refractivity contribution in [3.63, 3.8) is 0 Å². The Labute approximate surface area is 240 Å². The van der Waals surface area contributed by atoms with Crippen LogP contribution < -0.4 is 0 Å². The van der Waals surface area contributed by atoms with Gasteiger partial charge < -0.3 is 59.5 Å². The van der Waals surface area contributed by atoms with Crippen LogP contribution in [0.1, 0.15) is 79.1 Å². The molecule has 32 heavy (non-hydrogen) atoms. The van der Waals surface area contributed by atoms with Crippen molar-refractivity contribution in [3.05, 3.63) is 15.8 Å². The minimum Gasteiger partial charge on any atom is -0.411 e. The molecule has 4 nitrogen and oxygen atoms in total. The maximum Gasteiger partial charge on any atom is 2.00 e. The number of unbranched alkanes of at least 4 members (excludes halogenated alkanes) is 4. The fraction of sp³-hybridized carbons (Fsp3) is 0.762. The van der Waals surface area contributed by atoms with E-state index in [0.717, 1.165) is 26.2 Å². The number of hydrogen-bond donors (Lipinski definition) is 0. The zero-order valence-corrected chi connectivity index (χ0v) is 28.0. The van der Waals surface area contributed by atoms with Crippen LogP contribution in [-0.2, 0) is 44.7 Å². The number of rotatable bonds is 12. The van der Waals surface area contributed by atoms with Crippen LogP contribution in [0.5, 0.6) is 0 Å². The Kier molecular flexibility index (Phi) is 32.1. The van der Waals surface area contributed by atoms with Crippen LogP contribution in [0.4, 0.5) is 0 Å². The van der Waals surface area contributed by atoms with E-state index in [-0.39, 0.29) is 19.5 Å². The average molecular weight is 604 g/mol. The number of nitrogens with zero attached hydrogens (tertiary/aromatic N) is 4. The Balaban J connectivity index is -0.000000400. The summed E-state index contributed by atoms with van der Waals surface area (Å²) >= 11 is 26.0. The zero-order chi connectivity index (χ0) is 23.9. The van der Waals surface area contributed by atoms with E-state index in [1.54, 1.807) is 5.51 Å². The molecule has 0 aliphatic heterocycles. The molecule has 1 aromatic heterocycles. The van der Waals surface area contributed by atoms with Crippen LogP contribution in [0.3, 0.4) is 0 Å². The number of thiocarbonyl (C=S) groups is 2. The first-order chi connectivity index (χ1) is 14.8. The summed E-state index contributed by atoms with van der Waals surface area (Å²) in [5.41, 5.74) is 1.66. The molecule has 0 spiro atoms. The van der Waals surface area contributed by atoms with E-state index >= 15 is 0 Å². The molecule has 0 bridgehead atoms. The molecule has 0 amide bonds. The Morgan fingerprint density at radius 2 is 1.16 bits per heavy atom.